The number of thiazole rings is 1. The number of carboxylic acids is 1. The molecular formula is C15H21N5O2S. The van der Waals surface area contributed by atoms with Crippen molar-refractivity contribution in [2.75, 3.05) is 0 Å². The molecule has 0 aromatic carbocycles. The molecule has 1 unspecified atom stereocenters. The zero-order valence-electron chi connectivity index (χ0n) is 13.6. The molecule has 0 radical (unpaired) electrons. The number of rotatable bonds is 5. The minimum Gasteiger partial charge on any atom is -0.480 e. The van der Waals surface area contributed by atoms with Crippen LogP contribution in [0.4, 0.5) is 0 Å². The van der Waals surface area contributed by atoms with Crippen LogP contribution in [-0.2, 0) is 30.8 Å². The highest BCUT2D eigenvalue weighted by atomic mass is 32.1. The van der Waals surface area contributed by atoms with Crippen LogP contribution < -0.4 is 0 Å². The standard InChI is InChI=1S/C15H21N5O2S/c1-9(2)4-14-16-5-11(23-14)6-19-8-13-18-17-10(3)20(13)7-12(19)15(21)22/h5,9,12H,4,6-8H2,1-3H3,(H,21,22). The van der Waals surface area contributed by atoms with E-state index in [1.165, 1.54) is 0 Å². The molecule has 7 nitrogen and oxygen atoms in total. The fourth-order valence-electron chi connectivity index (χ4n) is 2.82. The van der Waals surface area contributed by atoms with E-state index in [1.54, 1.807) is 11.3 Å². The third-order valence-electron chi connectivity index (χ3n) is 3.98. The number of carbonyl (C=O) groups is 1. The number of aromatic nitrogens is 4. The number of nitrogens with zero attached hydrogens (tertiary/aromatic N) is 5. The fourth-order valence-corrected chi connectivity index (χ4v) is 3.99. The Balaban J connectivity index is 1.77. The zero-order valence-corrected chi connectivity index (χ0v) is 14.4. The predicted octanol–water partition coefficient (Wildman–Crippen LogP) is 1.71. The summed E-state index contributed by atoms with van der Waals surface area (Å²) in [5, 5.41) is 18.9. The van der Waals surface area contributed by atoms with Gasteiger partial charge in [-0.3, -0.25) is 9.69 Å². The fraction of sp³-hybridized carbons (Fsp3) is 0.600. The van der Waals surface area contributed by atoms with Gasteiger partial charge in [-0.15, -0.1) is 21.5 Å². The van der Waals surface area contributed by atoms with Gasteiger partial charge in [0.2, 0.25) is 0 Å². The lowest BCUT2D eigenvalue weighted by Gasteiger charge is -2.32. The number of hydrogen-bond donors (Lipinski definition) is 1. The van der Waals surface area contributed by atoms with E-state index in [0.29, 0.717) is 25.6 Å². The molecule has 3 rings (SSSR count). The quantitative estimate of drug-likeness (QED) is 0.895. The van der Waals surface area contributed by atoms with E-state index >= 15 is 0 Å². The topological polar surface area (TPSA) is 84.1 Å². The molecule has 0 saturated carbocycles. The minimum atomic E-state index is -0.810. The summed E-state index contributed by atoms with van der Waals surface area (Å²) in [6.45, 7) is 7.66. The number of aliphatic carboxylic acids is 1. The van der Waals surface area contributed by atoms with Crippen molar-refractivity contribution in [3.05, 3.63) is 27.7 Å². The molecule has 0 aliphatic carbocycles. The lowest BCUT2D eigenvalue weighted by atomic mass is 10.1. The Morgan fingerprint density at radius 1 is 1.48 bits per heavy atom. The van der Waals surface area contributed by atoms with E-state index in [9.17, 15) is 9.90 Å². The summed E-state index contributed by atoms with van der Waals surface area (Å²) in [7, 11) is 0. The predicted molar refractivity (Wildman–Crippen MR) is 86.1 cm³/mol. The highest BCUT2D eigenvalue weighted by molar-refractivity contribution is 7.11. The van der Waals surface area contributed by atoms with Gasteiger partial charge in [0, 0.05) is 24.0 Å². The third-order valence-corrected chi connectivity index (χ3v) is 4.99. The van der Waals surface area contributed by atoms with E-state index in [-0.39, 0.29) is 0 Å². The van der Waals surface area contributed by atoms with Crippen LogP contribution in [0.15, 0.2) is 6.20 Å². The molecule has 1 aliphatic rings. The van der Waals surface area contributed by atoms with Crippen LogP contribution >= 0.6 is 11.3 Å². The second-order valence-corrected chi connectivity index (χ2v) is 7.55. The van der Waals surface area contributed by atoms with Gasteiger partial charge in [-0.1, -0.05) is 13.8 Å². The Hall–Kier alpha value is -1.80. The first-order valence-corrected chi connectivity index (χ1v) is 8.54. The summed E-state index contributed by atoms with van der Waals surface area (Å²) in [4.78, 5) is 19.1. The van der Waals surface area contributed by atoms with Gasteiger partial charge in [0.05, 0.1) is 18.1 Å². The van der Waals surface area contributed by atoms with Crippen LogP contribution in [-0.4, -0.2) is 41.8 Å². The molecule has 0 amide bonds. The number of fused-ring (bicyclic) bond motifs is 1. The monoisotopic (exact) mass is 335 g/mol. The average molecular weight is 335 g/mol. The van der Waals surface area contributed by atoms with Crippen molar-refractivity contribution in [2.45, 2.75) is 52.9 Å². The van der Waals surface area contributed by atoms with E-state index in [1.807, 2.05) is 22.6 Å². The molecule has 0 spiro atoms. The molecule has 1 N–H and O–H groups in total. The molecule has 2 aromatic heterocycles. The third kappa shape index (κ3) is 3.42. The Bertz CT molecular complexity index is 709. The Labute approximate surface area is 139 Å². The molecular weight excluding hydrogens is 314 g/mol. The summed E-state index contributed by atoms with van der Waals surface area (Å²) < 4.78 is 1.89. The van der Waals surface area contributed by atoms with Crippen molar-refractivity contribution < 1.29 is 9.90 Å². The zero-order chi connectivity index (χ0) is 16.6. The maximum Gasteiger partial charge on any atom is 0.322 e. The van der Waals surface area contributed by atoms with Crippen molar-refractivity contribution in [3.63, 3.8) is 0 Å². The summed E-state index contributed by atoms with van der Waals surface area (Å²) in [5.74, 6) is 1.35. The summed E-state index contributed by atoms with van der Waals surface area (Å²) in [6, 6.07) is -0.562. The number of hydrogen-bond acceptors (Lipinski definition) is 6. The van der Waals surface area contributed by atoms with Crippen molar-refractivity contribution in [1.29, 1.82) is 0 Å². The smallest absolute Gasteiger partial charge is 0.322 e. The molecule has 8 heteroatoms. The lowest BCUT2D eigenvalue weighted by molar-refractivity contribution is -0.145. The van der Waals surface area contributed by atoms with Crippen LogP contribution in [0.25, 0.3) is 0 Å². The SMILES string of the molecule is Cc1nnc2n1CC(C(=O)O)N(Cc1cnc(CC(C)C)s1)C2. The van der Waals surface area contributed by atoms with Gasteiger partial charge in [0.15, 0.2) is 0 Å². The average Bonchev–Trinajstić information content (AvgIpc) is 3.05. The number of carboxylic acid groups (broad SMARTS) is 1. The Morgan fingerprint density at radius 3 is 2.96 bits per heavy atom. The molecule has 23 heavy (non-hydrogen) atoms. The molecule has 0 saturated heterocycles. The maximum absolute atomic E-state index is 11.6. The minimum absolute atomic E-state index is 0.390. The molecule has 1 atom stereocenters. The second kappa shape index (κ2) is 6.37. The Morgan fingerprint density at radius 2 is 2.26 bits per heavy atom. The highest BCUT2D eigenvalue weighted by Gasteiger charge is 2.33. The van der Waals surface area contributed by atoms with Crippen LogP contribution in [0.3, 0.4) is 0 Å². The van der Waals surface area contributed by atoms with Crippen molar-refractivity contribution >= 4 is 17.3 Å². The van der Waals surface area contributed by atoms with Crippen LogP contribution in [0.2, 0.25) is 0 Å². The van der Waals surface area contributed by atoms with Gasteiger partial charge in [0.1, 0.15) is 17.7 Å². The molecule has 3 heterocycles. The van der Waals surface area contributed by atoms with Gasteiger partial charge < -0.3 is 9.67 Å². The second-order valence-electron chi connectivity index (χ2n) is 6.35. The maximum atomic E-state index is 11.6. The van der Waals surface area contributed by atoms with Gasteiger partial charge >= 0.3 is 5.97 Å². The largest absolute Gasteiger partial charge is 0.480 e. The normalized spacial score (nSPS) is 18.3. The first kappa shape index (κ1) is 16.1. The molecule has 1 aliphatic heterocycles. The van der Waals surface area contributed by atoms with Crippen molar-refractivity contribution in [3.8, 4) is 0 Å². The number of aryl methyl sites for hydroxylation is 1. The summed E-state index contributed by atoms with van der Waals surface area (Å²) in [5.41, 5.74) is 0. The first-order chi connectivity index (χ1) is 10.9. The van der Waals surface area contributed by atoms with Crippen LogP contribution in [0.1, 0.15) is 35.4 Å². The first-order valence-electron chi connectivity index (χ1n) is 7.73. The molecule has 0 fully saturated rings. The van der Waals surface area contributed by atoms with E-state index in [4.69, 9.17) is 0 Å². The van der Waals surface area contributed by atoms with Crippen molar-refractivity contribution in [2.24, 2.45) is 5.92 Å². The van der Waals surface area contributed by atoms with Gasteiger partial charge in [-0.05, 0) is 12.8 Å². The summed E-state index contributed by atoms with van der Waals surface area (Å²) in [6.07, 6.45) is 2.83. The van der Waals surface area contributed by atoms with Crippen LogP contribution in [0, 0.1) is 12.8 Å². The van der Waals surface area contributed by atoms with Gasteiger partial charge in [0.25, 0.3) is 0 Å². The molecule has 0 bridgehead atoms. The highest BCUT2D eigenvalue weighted by Crippen LogP contribution is 2.24. The Kier molecular flexibility index (Phi) is 4.45. The summed E-state index contributed by atoms with van der Waals surface area (Å²) >= 11 is 1.67. The van der Waals surface area contributed by atoms with E-state index < -0.39 is 12.0 Å². The van der Waals surface area contributed by atoms with Gasteiger partial charge in [-0.25, -0.2) is 4.98 Å². The lowest BCUT2D eigenvalue weighted by Crippen LogP contribution is -2.47. The molecule has 124 valence electrons. The van der Waals surface area contributed by atoms with Crippen molar-refractivity contribution in [1.82, 2.24) is 24.6 Å². The molecule has 2 aromatic rings. The van der Waals surface area contributed by atoms with Crippen LogP contribution in [0.5, 0.6) is 0 Å². The van der Waals surface area contributed by atoms with E-state index in [2.05, 4.69) is 29.0 Å². The van der Waals surface area contributed by atoms with Gasteiger partial charge in [-0.2, -0.15) is 0 Å². The van der Waals surface area contributed by atoms with E-state index in [0.717, 1.165) is 28.0 Å².